The number of aromatic nitrogens is 1. The summed E-state index contributed by atoms with van der Waals surface area (Å²) in [6, 6.07) is 3.31. The second-order valence-electron chi connectivity index (χ2n) is 6.58. The highest BCUT2D eigenvalue weighted by atomic mass is 16.5. The maximum atomic E-state index is 12.9. The molecule has 136 valence electrons. The van der Waals surface area contributed by atoms with Crippen LogP contribution in [0, 0.1) is 0 Å². The summed E-state index contributed by atoms with van der Waals surface area (Å²) in [5.74, 6) is 0.722. The molecule has 0 spiro atoms. The van der Waals surface area contributed by atoms with Crippen LogP contribution >= 0.6 is 0 Å². The largest absolute Gasteiger partial charge is 0.493 e. The number of amides is 1. The Morgan fingerprint density at radius 1 is 1.12 bits per heavy atom. The molecule has 1 heterocycles. The zero-order chi connectivity index (χ0) is 18.8. The van der Waals surface area contributed by atoms with E-state index in [-0.39, 0.29) is 17.0 Å². The van der Waals surface area contributed by atoms with Crippen molar-refractivity contribution in [3.05, 3.63) is 34.2 Å². The molecular formula is C19H26N2O4. The molecule has 1 amide bonds. The molecule has 0 saturated heterocycles. The highest BCUT2D eigenvalue weighted by Gasteiger charge is 2.22. The molecule has 0 aliphatic carbocycles. The van der Waals surface area contributed by atoms with Gasteiger partial charge in [0.05, 0.1) is 25.2 Å². The summed E-state index contributed by atoms with van der Waals surface area (Å²) < 4.78 is 12.2. The second kappa shape index (κ2) is 7.17. The van der Waals surface area contributed by atoms with Gasteiger partial charge in [-0.1, -0.05) is 6.92 Å². The lowest BCUT2D eigenvalue weighted by atomic mass is 10.00. The number of carbonyl (C=O) groups excluding carboxylic acids is 1. The Morgan fingerprint density at radius 3 is 2.16 bits per heavy atom. The van der Waals surface area contributed by atoms with E-state index in [4.69, 9.17) is 9.47 Å². The van der Waals surface area contributed by atoms with E-state index in [1.807, 2.05) is 27.7 Å². The van der Waals surface area contributed by atoms with Crippen LogP contribution in [0.4, 0.5) is 0 Å². The fourth-order valence-corrected chi connectivity index (χ4v) is 2.60. The van der Waals surface area contributed by atoms with Crippen LogP contribution in [-0.2, 0) is 6.54 Å². The first-order chi connectivity index (χ1) is 11.8. The number of hydrogen-bond acceptors (Lipinski definition) is 4. The second-order valence-corrected chi connectivity index (χ2v) is 6.58. The van der Waals surface area contributed by atoms with E-state index < -0.39 is 0 Å². The van der Waals surface area contributed by atoms with Crippen molar-refractivity contribution in [2.24, 2.45) is 0 Å². The normalized spacial score (nSPS) is 11.4. The first kappa shape index (κ1) is 18.8. The lowest BCUT2D eigenvalue weighted by molar-refractivity contribution is 0.0912. The molecule has 0 bridgehead atoms. The van der Waals surface area contributed by atoms with Crippen molar-refractivity contribution in [3.63, 3.8) is 0 Å². The predicted molar refractivity (Wildman–Crippen MR) is 98.8 cm³/mol. The summed E-state index contributed by atoms with van der Waals surface area (Å²) in [7, 11) is 3.04. The lowest BCUT2D eigenvalue weighted by Gasteiger charge is -2.25. The van der Waals surface area contributed by atoms with Crippen molar-refractivity contribution in [2.75, 3.05) is 14.2 Å². The summed E-state index contributed by atoms with van der Waals surface area (Å²) in [6.45, 7) is 8.28. The number of methoxy groups -OCH3 is 2. The first-order valence-electron chi connectivity index (χ1n) is 8.39. The number of nitrogens with one attached hydrogen (secondary N) is 1. The number of benzene rings is 1. The van der Waals surface area contributed by atoms with Gasteiger partial charge in [-0.05, 0) is 39.3 Å². The highest BCUT2D eigenvalue weighted by Crippen LogP contribution is 2.32. The average Bonchev–Trinajstić information content (AvgIpc) is 2.60. The van der Waals surface area contributed by atoms with Gasteiger partial charge in [0.2, 0.25) is 0 Å². The fourth-order valence-electron chi connectivity index (χ4n) is 2.60. The van der Waals surface area contributed by atoms with Crippen LogP contribution in [0.1, 0.15) is 44.5 Å². The van der Waals surface area contributed by atoms with E-state index in [0.29, 0.717) is 34.4 Å². The Hall–Kier alpha value is -2.50. The number of carbonyl (C=O) groups is 1. The third kappa shape index (κ3) is 3.62. The van der Waals surface area contributed by atoms with E-state index in [1.165, 1.54) is 18.8 Å². The van der Waals surface area contributed by atoms with Crippen LogP contribution in [0.2, 0.25) is 0 Å². The molecule has 0 saturated carbocycles. The smallest absolute Gasteiger partial charge is 0.258 e. The minimum atomic E-state index is -0.340. The van der Waals surface area contributed by atoms with Crippen LogP contribution in [0.5, 0.6) is 11.5 Å². The van der Waals surface area contributed by atoms with Gasteiger partial charge in [-0.2, -0.15) is 0 Å². The SMILES string of the molecule is CCn1cc(C(=O)NC(C)(C)CC)c2cc(OC)c(OC)cc2c1=O. The topological polar surface area (TPSA) is 69.6 Å². The summed E-state index contributed by atoms with van der Waals surface area (Å²) in [5, 5.41) is 4.01. The molecule has 2 rings (SSSR count). The molecule has 0 unspecified atom stereocenters. The summed E-state index contributed by atoms with van der Waals surface area (Å²) in [5.41, 5.74) is -0.0589. The van der Waals surface area contributed by atoms with Gasteiger partial charge in [0.15, 0.2) is 11.5 Å². The third-order valence-electron chi connectivity index (χ3n) is 4.51. The Morgan fingerprint density at radius 2 is 1.68 bits per heavy atom. The molecule has 2 aromatic rings. The van der Waals surface area contributed by atoms with Crippen LogP contribution in [0.15, 0.2) is 23.1 Å². The minimum absolute atomic E-state index is 0.162. The molecule has 6 heteroatoms. The number of ether oxygens (including phenoxy) is 2. The lowest BCUT2D eigenvalue weighted by Crippen LogP contribution is -2.43. The average molecular weight is 346 g/mol. The molecule has 0 radical (unpaired) electrons. The monoisotopic (exact) mass is 346 g/mol. The fraction of sp³-hybridized carbons (Fsp3) is 0.474. The number of nitrogens with zero attached hydrogens (tertiary/aromatic N) is 1. The molecule has 6 nitrogen and oxygen atoms in total. The van der Waals surface area contributed by atoms with Crippen molar-refractivity contribution in [2.45, 2.75) is 46.2 Å². The van der Waals surface area contributed by atoms with Crippen LogP contribution < -0.4 is 20.3 Å². The maximum absolute atomic E-state index is 12.9. The molecular weight excluding hydrogens is 320 g/mol. The Bertz CT molecular complexity index is 853. The first-order valence-corrected chi connectivity index (χ1v) is 8.39. The zero-order valence-corrected chi connectivity index (χ0v) is 15.7. The Labute approximate surface area is 147 Å². The van der Waals surface area contributed by atoms with Gasteiger partial charge in [0.25, 0.3) is 11.5 Å². The molecule has 1 N–H and O–H groups in total. The molecule has 0 atom stereocenters. The van der Waals surface area contributed by atoms with E-state index >= 15 is 0 Å². The molecule has 0 aliphatic rings. The van der Waals surface area contributed by atoms with Gasteiger partial charge in [0.1, 0.15) is 0 Å². The Kier molecular flexibility index (Phi) is 5.40. The number of fused-ring (bicyclic) bond motifs is 1. The van der Waals surface area contributed by atoms with Crippen molar-refractivity contribution >= 4 is 16.7 Å². The van der Waals surface area contributed by atoms with Gasteiger partial charge < -0.3 is 19.4 Å². The van der Waals surface area contributed by atoms with Gasteiger partial charge in [-0.25, -0.2) is 0 Å². The van der Waals surface area contributed by atoms with Gasteiger partial charge >= 0.3 is 0 Å². The van der Waals surface area contributed by atoms with Crippen LogP contribution in [0.3, 0.4) is 0 Å². The molecule has 1 aromatic carbocycles. The van der Waals surface area contributed by atoms with Crippen LogP contribution in [0.25, 0.3) is 10.8 Å². The summed E-state index contributed by atoms with van der Waals surface area (Å²) in [4.78, 5) is 25.5. The minimum Gasteiger partial charge on any atom is -0.493 e. The quantitative estimate of drug-likeness (QED) is 0.873. The van der Waals surface area contributed by atoms with Gasteiger partial charge in [0, 0.05) is 23.7 Å². The molecule has 1 aromatic heterocycles. The van der Waals surface area contributed by atoms with Crippen molar-refractivity contribution in [1.29, 1.82) is 0 Å². The summed E-state index contributed by atoms with van der Waals surface area (Å²) >= 11 is 0. The van der Waals surface area contributed by atoms with E-state index in [9.17, 15) is 9.59 Å². The zero-order valence-electron chi connectivity index (χ0n) is 15.7. The predicted octanol–water partition coefficient (Wildman–Crippen LogP) is 2.96. The Balaban J connectivity index is 2.76. The maximum Gasteiger partial charge on any atom is 0.258 e. The van der Waals surface area contributed by atoms with Crippen molar-refractivity contribution in [3.8, 4) is 11.5 Å². The summed E-state index contributed by atoms with van der Waals surface area (Å²) in [6.07, 6.45) is 2.40. The number of pyridine rings is 1. The number of aryl methyl sites for hydroxylation is 1. The molecule has 0 fully saturated rings. The van der Waals surface area contributed by atoms with Crippen molar-refractivity contribution < 1.29 is 14.3 Å². The van der Waals surface area contributed by atoms with Gasteiger partial charge in [-0.15, -0.1) is 0 Å². The number of rotatable bonds is 6. The van der Waals surface area contributed by atoms with Crippen LogP contribution in [-0.4, -0.2) is 30.2 Å². The van der Waals surface area contributed by atoms with E-state index in [1.54, 1.807) is 18.3 Å². The molecule has 25 heavy (non-hydrogen) atoms. The van der Waals surface area contributed by atoms with Crippen molar-refractivity contribution in [1.82, 2.24) is 9.88 Å². The molecule has 0 aliphatic heterocycles. The highest BCUT2D eigenvalue weighted by molar-refractivity contribution is 6.07. The van der Waals surface area contributed by atoms with Gasteiger partial charge in [-0.3, -0.25) is 9.59 Å². The van der Waals surface area contributed by atoms with E-state index in [0.717, 1.165) is 6.42 Å². The third-order valence-corrected chi connectivity index (χ3v) is 4.51. The number of hydrogen-bond donors (Lipinski definition) is 1. The van der Waals surface area contributed by atoms with E-state index in [2.05, 4.69) is 5.32 Å². The standard InChI is InChI=1S/C19H26N2O4/c1-7-19(3,4)20-17(22)14-11-21(8-2)18(23)13-10-16(25-6)15(24-5)9-12(13)14/h9-11H,7-8H2,1-6H3,(H,20,22).